The first-order valence-corrected chi connectivity index (χ1v) is 13.3. The number of carbonyl (C=O) groups is 1. The number of benzene rings is 2. The minimum Gasteiger partial charge on any atom is -0.463 e. The predicted molar refractivity (Wildman–Crippen MR) is 145 cm³/mol. The predicted octanol–water partition coefficient (Wildman–Crippen LogP) is 4.41. The van der Waals surface area contributed by atoms with Crippen molar-refractivity contribution in [3.63, 3.8) is 0 Å². The van der Waals surface area contributed by atoms with Crippen molar-refractivity contribution >= 4 is 45.0 Å². The fraction of sp³-hybridized carbons (Fsp3) is 0.296. The molecule has 0 spiro atoms. The number of rotatable bonds is 7. The smallest absolute Gasteiger partial charge is 0.338 e. The van der Waals surface area contributed by atoms with Gasteiger partial charge in [-0.3, -0.25) is 9.36 Å². The zero-order valence-electron chi connectivity index (χ0n) is 20.2. The topological polar surface area (TPSA) is 63.9 Å². The number of hydrogen-bond acceptors (Lipinski definition) is 6. The average Bonchev–Trinajstić information content (AvgIpc) is 3.15. The molecule has 0 radical (unpaired) electrons. The average molecular weight is 555 g/mol. The van der Waals surface area contributed by atoms with Gasteiger partial charge in [-0.2, -0.15) is 0 Å². The number of aromatic nitrogens is 1. The molecule has 0 fully saturated rings. The third kappa shape index (κ3) is 5.04. The third-order valence-corrected chi connectivity index (χ3v) is 7.53. The molecule has 1 aliphatic rings. The summed E-state index contributed by atoms with van der Waals surface area (Å²) in [7, 11) is 0. The van der Waals surface area contributed by atoms with Crippen LogP contribution in [-0.4, -0.2) is 30.2 Å². The van der Waals surface area contributed by atoms with E-state index in [1.54, 1.807) is 18.4 Å². The van der Waals surface area contributed by atoms with E-state index >= 15 is 0 Å². The normalized spacial score (nSPS) is 15.6. The van der Waals surface area contributed by atoms with E-state index in [9.17, 15) is 9.59 Å². The van der Waals surface area contributed by atoms with Crippen LogP contribution >= 0.6 is 27.3 Å². The molecule has 0 bridgehead atoms. The van der Waals surface area contributed by atoms with Crippen molar-refractivity contribution in [2.75, 3.05) is 24.6 Å². The molecule has 3 aromatic rings. The molecule has 2 heterocycles. The molecule has 2 aromatic carbocycles. The van der Waals surface area contributed by atoms with Gasteiger partial charge < -0.3 is 9.64 Å². The molecule has 1 aromatic heterocycles. The summed E-state index contributed by atoms with van der Waals surface area (Å²) in [5.74, 6) is -0.456. The molecule has 1 aliphatic heterocycles. The maximum Gasteiger partial charge on any atom is 0.338 e. The highest BCUT2D eigenvalue weighted by molar-refractivity contribution is 9.10. The van der Waals surface area contributed by atoms with E-state index in [0.717, 1.165) is 34.4 Å². The molecule has 182 valence electrons. The zero-order valence-corrected chi connectivity index (χ0v) is 22.6. The fourth-order valence-electron chi connectivity index (χ4n) is 4.27. The van der Waals surface area contributed by atoms with Crippen molar-refractivity contribution in [3.8, 4) is 0 Å². The van der Waals surface area contributed by atoms with Crippen LogP contribution in [-0.2, 0) is 9.53 Å². The van der Waals surface area contributed by atoms with Gasteiger partial charge in [-0.25, -0.2) is 9.79 Å². The molecule has 1 atom stereocenters. The Morgan fingerprint density at radius 3 is 2.37 bits per heavy atom. The molecular weight excluding hydrogens is 526 g/mol. The van der Waals surface area contributed by atoms with Crippen molar-refractivity contribution in [2.45, 2.75) is 33.7 Å². The number of esters is 1. The number of halogens is 1. The van der Waals surface area contributed by atoms with E-state index in [-0.39, 0.29) is 12.2 Å². The number of fused-ring (bicyclic) bond motifs is 1. The Balaban J connectivity index is 1.85. The molecule has 35 heavy (non-hydrogen) atoms. The second-order valence-corrected chi connectivity index (χ2v) is 10.0. The van der Waals surface area contributed by atoms with E-state index in [1.807, 2.05) is 42.5 Å². The Morgan fingerprint density at radius 1 is 1.11 bits per heavy atom. The van der Waals surface area contributed by atoms with Crippen LogP contribution in [0.3, 0.4) is 0 Å². The summed E-state index contributed by atoms with van der Waals surface area (Å²) in [6.45, 7) is 9.94. The first kappa shape index (κ1) is 25.1. The van der Waals surface area contributed by atoms with Crippen molar-refractivity contribution in [1.29, 1.82) is 0 Å². The minimum atomic E-state index is -0.606. The van der Waals surface area contributed by atoms with Crippen LogP contribution in [0.4, 0.5) is 5.69 Å². The number of thiazole rings is 1. The van der Waals surface area contributed by atoms with Crippen LogP contribution in [0.1, 0.15) is 44.9 Å². The van der Waals surface area contributed by atoms with Gasteiger partial charge >= 0.3 is 5.97 Å². The number of ether oxygens (including phenoxy) is 1. The Hall–Kier alpha value is -2.97. The first-order chi connectivity index (χ1) is 16.9. The van der Waals surface area contributed by atoms with E-state index in [0.29, 0.717) is 20.6 Å². The maximum atomic E-state index is 13.7. The van der Waals surface area contributed by atoms with Crippen LogP contribution < -0.4 is 19.8 Å². The summed E-state index contributed by atoms with van der Waals surface area (Å²) in [6, 6.07) is 15.2. The van der Waals surface area contributed by atoms with Gasteiger partial charge in [0, 0.05) is 23.2 Å². The number of nitrogens with zero attached hydrogens (tertiary/aromatic N) is 3. The fourth-order valence-corrected chi connectivity index (χ4v) is 5.58. The standard InChI is InChI=1S/C27H28BrN3O3S/c1-5-30(6-2)21-14-8-18(9-15-21)16-22-25(32)31-24(19-10-12-20(28)13-11-19)23(26(33)34-7-3)17(4)29-27(31)35-22/h8-16,24H,5-7H2,1-4H3. The molecule has 0 aliphatic carbocycles. The number of hydrogen-bond donors (Lipinski definition) is 0. The number of carbonyl (C=O) groups excluding carboxylic acids is 1. The number of anilines is 1. The summed E-state index contributed by atoms with van der Waals surface area (Å²) in [4.78, 5) is 34.1. The highest BCUT2D eigenvalue weighted by Gasteiger charge is 2.33. The number of allylic oxidation sites excluding steroid dienone is 1. The quantitative estimate of drug-likeness (QED) is 0.406. The SMILES string of the molecule is CCOC(=O)C1=C(C)N=c2sc(=Cc3ccc(N(CC)CC)cc3)c(=O)n2C1c1ccc(Br)cc1. The first-order valence-electron chi connectivity index (χ1n) is 11.7. The van der Waals surface area contributed by atoms with Gasteiger partial charge in [-0.1, -0.05) is 51.5 Å². The lowest BCUT2D eigenvalue weighted by Gasteiger charge is -2.24. The van der Waals surface area contributed by atoms with Crippen molar-refractivity contribution in [2.24, 2.45) is 4.99 Å². The van der Waals surface area contributed by atoms with Crippen molar-refractivity contribution in [3.05, 3.63) is 95.1 Å². The molecule has 0 saturated carbocycles. The Labute approximate surface area is 217 Å². The third-order valence-electron chi connectivity index (χ3n) is 6.02. The Morgan fingerprint density at radius 2 is 1.77 bits per heavy atom. The van der Waals surface area contributed by atoms with Crippen LogP contribution in [0.15, 0.2) is 74.1 Å². The van der Waals surface area contributed by atoms with Crippen LogP contribution in [0.2, 0.25) is 0 Å². The second kappa shape index (κ2) is 10.7. The summed E-state index contributed by atoms with van der Waals surface area (Å²) in [5.41, 5.74) is 3.68. The van der Waals surface area contributed by atoms with Gasteiger partial charge in [0.1, 0.15) is 0 Å². The molecular formula is C27H28BrN3O3S. The maximum absolute atomic E-state index is 13.7. The monoisotopic (exact) mass is 553 g/mol. The van der Waals surface area contributed by atoms with Gasteiger partial charge in [0.25, 0.3) is 5.56 Å². The molecule has 8 heteroatoms. The lowest BCUT2D eigenvalue weighted by atomic mass is 9.96. The lowest BCUT2D eigenvalue weighted by Crippen LogP contribution is -2.39. The van der Waals surface area contributed by atoms with Crippen LogP contribution in [0.5, 0.6) is 0 Å². The van der Waals surface area contributed by atoms with E-state index in [2.05, 4.69) is 51.8 Å². The molecule has 0 saturated heterocycles. The zero-order chi connectivity index (χ0) is 25.1. The minimum absolute atomic E-state index is 0.177. The molecule has 0 N–H and O–H groups in total. The van der Waals surface area contributed by atoms with Gasteiger partial charge in [0.2, 0.25) is 0 Å². The highest BCUT2D eigenvalue weighted by Crippen LogP contribution is 2.31. The summed E-state index contributed by atoms with van der Waals surface area (Å²) in [5, 5.41) is 0. The van der Waals surface area contributed by atoms with Gasteiger partial charge in [-0.05, 0) is 69.2 Å². The summed E-state index contributed by atoms with van der Waals surface area (Å²) >= 11 is 4.79. The molecule has 4 rings (SSSR count). The van der Waals surface area contributed by atoms with E-state index < -0.39 is 12.0 Å². The second-order valence-electron chi connectivity index (χ2n) is 8.12. The molecule has 0 amide bonds. The van der Waals surface area contributed by atoms with Crippen molar-refractivity contribution in [1.82, 2.24) is 4.57 Å². The summed E-state index contributed by atoms with van der Waals surface area (Å²) < 4.78 is 8.44. The molecule has 1 unspecified atom stereocenters. The lowest BCUT2D eigenvalue weighted by molar-refractivity contribution is -0.139. The summed E-state index contributed by atoms with van der Waals surface area (Å²) in [6.07, 6.45) is 1.89. The van der Waals surface area contributed by atoms with E-state index in [1.165, 1.54) is 11.3 Å². The van der Waals surface area contributed by atoms with Gasteiger partial charge in [0.15, 0.2) is 4.80 Å². The van der Waals surface area contributed by atoms with Crippen LogP contribution in [0, 0.1) is 0 Å². The highest BCUT2D eigenvalue weighted by atomic mass is 79.9. The van der Waals surface area contributed by atoms with Gasteiger partial charge in [0.05, 0.1) is 28.5 Å². The van der Waals surface area contributed by atoms with Gasteiger partial charge in [-0.15, -0.1) is 0 Å². The van der Waals surface area contributed by atoms with Crippen molar-refractivity contribution < 1.29 is 9.53 Å². The van der Waals surface area contributed by atoms with E-state index in [4.69, 9.17) is 4.74 Å². The Bertz CT molecular complexity index is 1430. The molecule has 6 nitrogen and oxygen atoms in total. The largest absolute Gasteiger partial charge is 0.463 e. The Kier molecular flexibility index (Phi) is 7.72. The van der Waals surface area contributed by atoms with Crippen LogP contribution in [0.25, 0.3) is 6.08 Å².